The van der Waals surface area contributed by atoms with E-state index >= 15 is 0 Å². The van der Waals surface area contributed by atoms with Crippen molar-refractivity contribution in [2.45, 2.75) is 13.1 Å². The Labute approximate surface area is 152 Å². The molecule has 3 aromatic rings. The minimum Gasteiger partial charge on any atom is -0.497 e. The molecule has 0 saturated carbocycles. The number of methoxy groups -OCH3 is 2. The number of nitrogens with zero attached hydrogens (tertiary/aromatic N) is 3. The highest BCUT2D eigenvalue weighted by molar-refractivity contribution is 5.41. The summed E-state index contributed by atoms with van der Waals surface area (Å²) in [5.74, 6) is 2.77. The molecule has 0 saturated heterocycles. The van der Waals surface area contributed by atoms with Crippen molar-refractivity contribution in [3.63, 3.8) is 0 Å². The lowest BCUT2D eigenvalue weighted by Crippen LogP contribution is -2.08. The van der Waals surface area contributed by atoms with Gasteiger partial charge in [-0.1, -0.05) is 30.3 Å². The predicted octanol–water partition coefficient (Wildman–Crippen LogP) is 3.11. The van der Waals surface area contributed by atoms with E-state index < -0.39 is 0 Å². The molecule has 0 unspecified atom stereocenters. The number of nitrogens with one attached hydrogen (secondary N) is 2. The van der Waals surface area contributed by atoms with Crippen LogP contribution < -0.4 is 20.1 Å². The maximum Gasteiger partial charge on any atom is 0.244 e. The number of ether oxygens (including phenoxy) is 2. The molecule has 2 aromatic carbocycles. The molecule has 0 radical (unpaired) electrons. The van der Waals surface area contributed by atoms with E-state index in [0.29, 0.717) is 24.9 Å². The maximum atomic E-state index is 5.35. The summed E-state index contributed by atoms with van der Waals surface area (Å²) in [6.07, 6.45) is 1.59. The van der Waals surface area contributed by atoms with Gasteiger partial charge in [0, 0.05) is 18.7 Å². The van der Waals surface area contributed by atoms with Crippen molar-refractivity contribution < 1.29 is 9.47 Å². The van der Waals surface area contributed by atoms with Crippen molar-refractivity contribution in [1.82, 2.24) is 15.2 Å². The van der Waals surface area contributed by atoms with Crippen LogP contribution in [0.15, 0.2) is 54.7 Å². The van der Waals surface area contributed by atoms with E-state index in [2.05, 4.69) is 25.8 Å². The third-order valence-corrected chi connectivity index (χ3v) is 3.82. The molecule has 0 atom stereocenters. The molecule has 0 bridgehead atoms. The summed E-state index contributed by atoms with van der Waals surface area (Å²) >= 11 is 0. The molecule has 0 amide bonds. The van der Waals surface area contributed by atoms with Gasteiger partial charge in [0.25, 0.3) is 0 Å². The standard InChI is InChI=1S/C19H21N5O2/c1-25-16-9-7-14(8-10-16)11-21-19-23-18(13-22-24-19)20-12-15-5-3-4-6-17(15)26-2/h3-10,13H,11-12H2,1-2H3,(H2,20,21,23,24). The molecule has 26 heavy (non-hydrogen) atoms. The van der Waals surface area contributed by atoms with Crippen molar-refractivity contribution >= 4 is 11.8 Å². The zero-order chi connectivity index (χ0) is 18.2. The number of anilines is 2. The SMILES string of the molecule is COc1ccc(CNc2nncc(NCc3ccccc3OC)n2)cc1. The first-order valence-electron chi connectivity index (χ1n) is 8.21. The smallest absolute Gasteiger partial charge is 0.244 e. The second kappa shape index (κ2) is 8.66. The van der Waals surface area contributed by atoms with Gasteiger partial charge in [-0.05, 0) is 23.8 Å². The van der Waals surface area contributed by atoms with Crippen LogP contribution in [0.5, 0.6) is 11.5 Å². The van der Waals surface area contributed by atoms with Gasteiger partial charge in [-0.25, -0.2) is 0 Å². The second-order valence-electron chi connectivity index (χ2n) is 5.53. The highest BCUT2D eigenvalue weighted by atomic mass is 16.5. The van der Waals surface area contributed by atoms with Gasteiger partial charge in [0.05, 0.1) is 20.4 Å². The average molecular weight is 351 g/mol. The molecule has 1 heterocycles. The van der Waals surface area contributed by atoms with Gasteiger partial charge in [-0.2, -0.15) is 10.1 Å². The van der Waals surface area contributed by atoms with E-state index in [1.807, 2.05) is 48.5 Å². The quantitative estimate of drug-likeness (QED) is 0.645. The molecule has 0 fully saturated rings. The van der Waals surface area contributed by atoms with Crippen LogP contribution in [0.3, 0.4) is 0 Å². The lowest BCUT2D eigenvalue weighted by molar-refractivity contribution is 0.410. The van der Waals surface area contributed by atoms with Crippen LogP contribution in [-0.2, 0) is 13.1 Å². The second-order valence-corrected chi connectivity index (χ2v) is 5.53. The van der Waals surface area contributed by atoms with Crippen LogP contribution in [0.4, 0.5) is 11.8 Å². The molecule has 7 heteroatoms. The van der Waals surface area contributed by atoms with Crippen LogP contribution in [0.2, 0.25) is 0 Å². The fourth-order valence-electron chi connectivity index (χ4n) is 2.42. The fourth-order valence-corrected chi connectivity index (χ4v) is 2.42. The largest absolute Gasteiger partial charge is 0.497 e. The predicted molar refractivity (Wildman–Crippen MR) is 100 cm³/mol. The zero-order valence-electron chi connectivity index (χ0n) is 14.8. The number of hydrogen-bond donors (Lipinski definition) is 2. The molecule has 0 aliphatic carbocycles. The minimum atomic E-state index is 0.464. The van der Waals surface area contributed by atoms with Gasteiger partial charge in [-0.15, -0.1) is 5.10 Å². The monoisotopic (exact) mass is 351 g/mol. The maximum absolute atomic E-state index is 5.35. The molecule has 134 valence electrons. The summed E-state index contributed by atoms with van der Waals surface area (Å²) in [5, 5.41) is 14.4. The Bertz CT molecular complexity index is 839. The molecular weight excluding hydrogens is 330 g/mol. The van der Waals surface area contributed by atoms with E-state index in [1.165, 1.54) is 0 Å². The van der Waals surface area contributed by atoms with E-state index in [9.17, 15) is 0 Å². The minimum absolute atomic E-state index is 0.464. The van der Waals surface area contributed by atoms with Crippen molar-refractivity contribution in [2.75, 3.05) is 24.9 Å². The van der Waals surface area contributed by atoms with E-state index in [1.54, 1.807) is 20.4 Å². The normalized spacial score (nSPS) is 10.2. The molecule has 1 aromatic heterocycles. The molecule has 0 spiro atoms. The summed E-state index contributed by atoms with van der Waals surface area (Å²) in [7, 11) is 3.31. The van der Waals surface area contributed by atoms with Gasteiger partial charge in [0.2, 0.25) is 5.95 Å². The Hall–Kier alpha value is -3.35. The summed E-state index contributed by atoms with van der Waals surface area (Å²) < 4.78 is 10.5. The Kier molecular flexibility index (Phi) is 5.82. The lowest BCUT2D eigenvalue weighted by atomic mass is 10.2. The van der Waals surface area contributed by atoms with E-state index in [-0.39, 0.29) is 0 Å². The number of para-hydroxylation sites is 1. The van der Waals surface area contributed by atoms with Gasteiger partial charge >= 0.3 is 0 Å². The molecule has 2 N–H and O–H groups in total. The van der Waals surface area contributed by atoms with Crippen LogP contribution in [0.1, 0.15) is 11.1 Å². The molecular formula is C19H21N5O2. The van der Waals surface area contributed by atoms with Crippen molar-refractivity contribution in [3.05, 3.63) is 65.9 Å². The third-order valence-electron chi connectivity index (χ3n) is 3.82. The molecule has 7 nitrogen and oxygen atoms in total. The Morgan fingerprint density at radius 2 is 1.69 bits per heavy atom. The first kappa shape index (κ1) is 17.5. The third kappa shape index (κ3) is 4.60. The number of aromatic nitrogens is 3. The van der Waals surface area contributed by atoms with Crippen molar-refractivity contribution in [2.24, 2.45) is 0 Å². The fraction of sp³-hybridized carbons (Fsp3) is 0.211. The number of benzene rings is 2. The summed E-state index contributed by atoms with van der Waals surface area (Å²) in [5.41, 5.74) is 2.14. The van der Waals surface area contributed by atoms with E-state index in [0.717, 1.165) is 22.6 Å². The Morgan fingerprint density at radius 1 is 0.885 bits per heavy atom. The van der Waals surface area contributed by atoms with Crippen LogP contribution in [0.25, 0.3) is 0 Å². The van der Waals surface area contributed by atoms with Gasteiger partial charge in [0.1, 0.15) is 11.5 Å². The van der Waals surface area contributed by atoms with Crippen molar-refractivity contribution in [3.8, 4) is 11.5 Å². The van der Waals surface area contributed by atoms with Gasteiger partial charge in [0.15, 0.2) is 5.82 Å². The first-order chi connectivity index (χ1) is 12.8. The summed E-state index contributed by atoms with van der Waals surface area (Å²) in [4.78, 5) is 4.43. The summed E-state index contributed by atoms with van der Waals surface area (Å²) in [6, 6.07) is 15.7. The highest BCUT2D eigenvalue weighted by Crippen LogP contribution is 2.18. The number of rotatable bonds is 8. The summed E-state index contributed by atoms with van der Waals surface area (Å²) in [6.45, 7) is 1.18. The Balaban J connectivity index is 1.59. The topological polar surface area (TPSA) is 81.2 Å². The molecule has 0 aliphatic rings. The lowest BCUT2D eigenvalue weighted by Gasteiger charge is -2.10. The molecule has 0 aliphatic heterocycles. The first-order valence-corrected chi connectivity index (χ1v) is 8.21. The number of hydrogen-bond acceptors (Lipinski definition) is 7. The van der Waals surface area contributed by atoms with Crippen LogP contribution in [0, 0.1) is 0 Å². The van der Waals surface area contributed by atoms with Gasteiger partial charge in [-0.3, -0.25) is 0 Å². The molecule has 3 rings (SSSR count). The van der Waals surface area contributed by atoms with Crippen molar-refractivity contribution in [1.29, 1.82) is 0 Å². The average Bonchev–Trinajstić information content (AvgIpc) is 2.71. The Morgan fingerprint density at radius 3 is 2.46 bits per heavy atom. The van der Waals surface area contributed by atoms with E-state index in [4.69, 9.17) is 9.47 Å². The van der Waals surface area contributed by atoms with Gasteiger partial charge < -0.3 is 20.1 Å². The zero-order valence-corrected chi connectivity index (χ0v) is 14.8. The highest BCUT2D eigenvalue weighted by Gasteiger charge is 2.04. The van der Waals surface area contributed by atoms with Crippen LogP contribution >= 0.6 is 0 Å². The van der Waals surface area contributed by atoms with Crippen LogP contribution in [-0.4, -0.2) is 29.4 Å².